The Hall–Kier alpha value is -1.22. The van der Waals surface area contributed by atoms with Crippen molar-refractivity contribution >= 4 is 27.5 Å². The van der Waals surface area contributed by atoms with Gasteiger partial charge in [0, 0.05) is 0 Å². The van der Waals surface area contributed by atoms with Gasteiger partial charge in [0.1, 0.15) is 7.12 Å². The van der Waals surface area contributed by atoms with Crippen LogP contribution in [0.25, 0.3) is 0 Å². The quantitative estimate of drug-likeness (QED) is 0.795. The molecule has 0 fully saturated rings. The second-order valence-corrected chi connectivity index (χ2v) is 8.95. The molecule has 0 atom stereocenters. The van der Waals surface area contributed by atoms with Gasteiger partial charge < -0.3 is 0 Å². The third-order valence-corrected chi connectivity index (χ3v) is 7.91. The van der Waals surface area contributed by atoms with E-state index in [4.69, 9.17) is 4.18 Å². The molecule has 0 amide bonds. The normalized spacial score (nSPS) is 11.7. The Labute approximate surface area is 114 Å². The summed E-state index contributed by atoms with van der Waals surface area (Å²) in [6, 6.07) is 18.4. The summed E-state index contributed by atoms with van der Waals surface area (Å²) in [4.78, 5) is 0. The fraction of sp³-hybridized carbons (Fsp3) is 0.143. The van der Waals surface area contributed by atoms with Gasteiger partial charge in [0.05, 0.1) is 6.61 Å². The lowest BCUT2D eigenvalue weighted by Crippen LogP contribution is -2.19. The van der Waals surface area contributed by atoms with Crippen molar-refractivity contribution < 1.29 is 12.6 Å². The number of rotatable bonds is 5. The molecule has 0 heterocycles. The SMILES string of the molecule is CCOS(=O)(=O)P(c1ccccc1)c1ccccc1. The molecule has 2 rings (SSSR count). The van der Waals surface area contributed by atoms with Gasteiger partial charge in [0.25, 0.3) is 9.74 Å². The maximum Gasteiger partial charge on any atom is 0.292 e. The van der Waals surface area contributed by atoms with Gasteiger partial charge in [-0.15, -0.1) is 0 Å². The van der Waals surface area contributed by atoms with Gasteiger partial charge in [-0.05, 0) is 17.5 Å². The molecule has 100 valence electrons. The zero-order chi connectivity index (χ0) is 13.7. The molecule has 0 unspecified atom stereocenters. The smallest absolute Gasteiger partial charge is 0.267 e. The summed E-state index contributed by atoms with van der Waals surface area (Å²) < 4.78 is 29.7. The van der Waals surface area contributed by atoms with Gasteiger partial charge in [0.15, 0.2) is 0 Å². The maximum absolute atomic E-state index is 12.3. The van der Waals surface area contributed by atoms with Gasteiger partial charge in [-0.3, -0.25) is 4.18 Å². The molecule has 0 radical (unpaired) electrons. The summed E-state index contributed by atoms with van der Waals surface area (Å²) in [5, 5.41) is 1.55. The van der Waals surface area contributed by atoms with Crippen LogP contribution in [0, 0.1) is 0 Å². The van der Waals surface area contributed by atoms with Crippen molar-refractivity contribution in [3.05, 3.63) is 60.7 Å². The Morgan fingerprint density at radius 3 is 1.68 bits per heavy atom. The molecule has 0 saturated heterocycles. The molecule has 0 aliphatic heterocycles. The second-order valence-electron chi connectivity index (χ2n) is 3.80. The lowest BCUT2D eigenvalue weighted by Gasteiger charge is -2.17. The molecular weight excluding hydrogens is 279 g/mol. The largest absolute Gasteiger partial charge is 0.292 e. The Morgan fingerprint density at radius 1 is 0.895 bits per heavy atom. The molecule has 0 N–H and O–H groups in total. The molecule has 19 heavy (non-hydrogen) atoms. The maximum atomic E-state index is 12.3. The summed E-state index contributed by atoms with van der Waals surface area (Å²) >= 11 is 0. The minimum absolute atomic E-state index is 0.154. The summed E-state index contributed by atoms with van der Waals surface area (Å²) in [5.41, 5.74) is 0. The van der Waals surface area contributed by atoms with Crippen LogP contribution in [-0.2, 0) is 13.9 Å². The van der Waals surface area contributed by atoms with Crippen molar-refractivity contribution in [3.63, 3.8) is 0 Å². The van der Waals surface area contributed by atoms with E-state index in [0.29, 0.717) is 0 Å². The molecule has 0 aromatic heterocycles. The van der Waals surface area contributed by atoms with Crippen LogP contribution in [0.3, 0.4) is 0 Å². The van der Waals surface area contributed by atoms with Crippen LogP contribution < -0.4 is 10.6 Å². The zero-order valence-electron chi connectivity index (χ0n) is 10.6. The first-order chi connectivity index (χ1) is 9.15. The second kappa shape index (κ2) is 6.29. The van der Waals surface area contributed by atoms with Gasteiger partial charge in [-0.2, -0.15) is 8.42 Å². The lowest BCUT2D eigenvalue weighted by molar-refractivity contribution is 0.350. The molecular formula is C14H15O3PS. The van der Waals surface area contributed by atoms with E-state index in [1.165, 1.54) is 0 Å². The summed E-state index contributed by atoms with van der Waals surface area (Å²) in [7, 11) is -5.16. The molecule has 0 saturated carbocycles. The first kappa shape index (κ1) is 14.2. The lowest BCUT2D eigenvalue weighted by atomic mass is 10.4. The standard InChI is InChI=1S/C14H15O3PS/c1-2-17-19(15,16)18(13-9-5-3-6-10-13)14-11-7-4-8-12-14/h3-12H,2H2,1H3. The van der Waals surface area contributed by atoms with Gasteiger partial charge in [-0.1, -0.05) is 60.7 Å². The van der Waals surface area contributed by atoms with Crippen molar-refractivity contribution in [2.75, 3.05) is 6.61 Å². The van der Waals surface area contributed by atoms with Crippen molar-refractivity contribution in [3.8, 4) is 0 Å². The topological polar surface area (TPSA) is 43.4 Å². The van der Waals surface area contributed by atoms with Crippen molar-refractivity contribution in [2.45, 2.75) is 6.92 Å². The van der Waals surface area contributed by atoms with E-state index < -0.39 is 16.9 Å². The highest BCUT2D eigenvalue weighted by Gasteiger charge is 2.29. The van der Waals surface area contributed by atoms with Gasteiger partial charge in [0.2, 0.25) is 0 Å². The van der Waals surface area contributed by atoms with Crippen molar-refractivity contribution in [2.24, 2.45) is 0 Å². The van der Waals surface area contributed by atoms with Crippen LogP contribution in [0.4, 0.5) is 0 Å². The fourth-order valence-corrected chi connectivity index (χ4v) is 6.75. The average Bonchev–Trinajstić information content (AvgIpc) is 2.41. The number of hydrogen-bond acceptors (Lipinski definition) is 3. The van der Waals surface area contributed by atoms with E-state index in [0.717, 1.165) is 10.6 Å². The van der Waals surface area contributed by atoms with Crippen LogP contribution in [0.2, 0.25) is 0 Å². The molecule has 2 aromatic carbocycles. The van der Waals surface area contributed by atoms with Crippen LogP contribution >= 0.6 is 7.12 Å². The minimum Gasteiger partial charge on any atom is -0.267 e. The summed E-state index contributed by atoms with van der Waals surface area (Å²) in [5.74, 6) is 0. The third-order valence-electron chi connectivity index (χ3n) is 2.47. The number of benzene rings is 2. The predicted molar refractivity (Wildman–Crippen MR) is 79.6 cm³/mol. The summed E-state index contributed by atoms with van der Waals surface area (Å²) in [6.45, 7) is 1.84. The molecule has 0 aliphatic carbocycles. The molecule has 5 heteroatoms. The van der Waals surface area contributed by atoms with E-state index in [1.54, 1.807) is 6.92 Å². The summed E-state index contributed by atoms with van der Waals surface area (Å²) in [6.07, 6.45) is 0. The molecule has 0 spiro atoms. The van der Waals surface area contributed by atoms with E-state index in [9.17, 15) is 8.42 Å². The van der Waals surface area contributed by atoms with Gasteiger partial charge in [-0.25, -0.2) is 0 Å². The molecule has 2 aromatic rings. The highest BCUT2D eigenvalue weighted by Crippen LogP contribution is 2.41. The monoisotopic (exact) mass is 294 g/mol. The zero-order valence-corrected chi connectivity index (χ0v) is 12.3. The Balaban J connectivity index is 2.52. The Kier molecular flexibility index (Phi) is 4.70. The average molecular weight is 294 g/mol. The highest BCUT2D eigenvalue weighted by atomic mass is 32.8. The van der Waals surface area contributed by atoms with Gasteiger partial charge >= 0.3 is 0 Å². The van der Waals surface area contributed by atoms with Crippen molar-refractivity contribution in [1.29, 1.82) is 0 Å². The van der Waals surface area contributed by atoms with Crippen LogP contribution in [0.15, 0.2) is 60.7 Å². The van der Waals surface area contributed by atoms with E-state index in [1.807, 2.05) is 60.7 Å². The van der Waals surface area contributed by atoms with Crippen LogP contribution in [-0.4, -0.2) is 15.0 Å². The van der Waals surface area contributed by atoms with Crippen LogP contribution in [0.5, 0.6) is 0 Å². The number of hydrogen-bond donors (Lipinski definition) is 0. The van der Waals surface area contributed by atoms with Crippen molar-refractivity contribution in [1.82, 2.24) is 0 Å². The predicted octanol–water partition coefficient (Wildman–Crippen LogP) is 2.40. The Bertz CT molecular complexity index is 572. The van der Waals surface area contributed by atoms with E-state index in [2.05, 4.69) is 0 Å². The van der Waals surface area contributed by atoms with E-state index >= 15 is 0 Å². The highest BCUT2D eigenvalue weighted by molar-refractivity contribution is 8.52. The third kappa shape index (κ3) is 3.41. The molecule has 0 bridgehead atoms. The Morgan fingerprint density at radius 2 is 1.32 bits per heavy atom. The first-order valence-electron chi connectivity index (χ1n) is 5.95. The minimum atomic E-state index is -3.61. The molecule has 3 nitrogen and oxygen atoms in total. The van der Waals surface area contributed by atoms with Crippen LogP contribution in [0.1, 0.15) is 6.92 Å². The first-order valence-corrected chi connectivity index (χ1v) is 9.30. The molecule has 0 aliphatic rings. The van der Waals surface area contributed by atoms with E-state index in [-0.39, 0.29) is 6.61 Å². The fourth-order valence-electron chi connectivity index (χ4n) is 1.74.